The van der Waals surface area contributed by atoms with Gasteiger partial charge in [0.2, 0.25) is 0 Å². The molecule has 0 saturated heterocycles. The van der Waals surface area contributed by atoms with Crippen LogP contribution < -0.4 is 0 Å². The van der Waals surface area contributed by atoms with E-state index in [4.69, 9.17) is 0 Å². The lowest BCUT2D eigenvalue weighted by atomic mass is 9.90. The van der Waals surface area contributed by atoms with Crippen molar-refractivity contribution in [3.63, 3.8) is 0 Å². The number of hydrogen-bond acceptors (Lipinski definition) is 3. The smallest absolute Gasteiger partial charge is 0.115 e. The van der Waals surface area contributed by atoms with Gasteiger partial charge in [0.1, 0.15) is 5.75 Å². The normalized spacial score (nSPS) is 13.9. The van der Waals surface area contributed by atoms with Crippen molar-refractivity contribution < 1.29 is 10.2 Å². The van der Waals surface area contributed by atoms with E-state index in [9.17, 15) is 10.2 Å². The Balaban J connectivity index is 2.78. The Morgan fingerprint density at radius 2 is 1.83 bits per heavy atom. The Kier molecular flexibility index (Phi) is 5.17. The SMILES string of the molecule is CCN(CC)C(C)(C)C(O)Cc1cccc(O)c1. The summed E-state index contributed by atoms with van der Waals surface area (Å²) in [6, 6.07) is 7.09. The second-order valence-corrected chi connectivity index (χ2v) is 5.22. The number of aromatic hydroxyl groups is 1. The van der Waals surface area contributed by atoms with Crippen molar-refractivity contribution in [2.24, 2.45) is 0 Å². The first-order valence-corrected chi connectivity index (χ1v) is 6.62. The van der Waals surface area contributed by atoms with Gasteiger partial charge in [0.15, 0.2) is 0 Å². The Morgan fingerprint density at radius 3 is 2.33 bits per heavy atom. The van der Waals surface area contributed by atoms with Crippen molar-refractivity contribution in [2.45, 2.75) is 45.8 Å². The largest absolute Gasteiger partial charge is 0.508 e. The van der Waals surface area contributed by atoms with Crippen molar-refractivity contribution in [2.75, 3.05) is 13.1 Å². The second-order valence-electron chi connectivity index (χ2n) is 5.22. The summed E-state index contributed by atoms with van der Waals surface area (Å²) in [5.74, 6) is 0.250. The number of rotatable bonds is 6. The van der Waals surface area contributed by atoms with Crippen LogP contribution in [0, 0.1) is 0 Å². The molecule has 0 aromatic heterocycles. The standard InChI is InChI=1S/C15H25NO2/c1-5-16(6-2)15(3,4)14(18)11-12-8-7-9-13(17)10-12/h7-10,14,17-18H,5-6,11H2,1-4H3. The zero-order valence-corrected chi connectivity index (χ0v) is 11.8. The van der Waals surface area contributed by atoms with Crippen LogP contribution in [0.4, 0.5) is 0 Å². The summed E-state index contributed by atoms with van der Waals surface area (Å²) in [6.45, 7) is 10.2. The third-order valence-corrected chi connectivity index (χ3v) is 3.73. The van der Waals surface area contributed by atoms with E-state index in [1.54, 1.807) is 12.1 Å². The quantitative estimate of drug-likeness (QED) is 0.816. The van der Waals surface area contributed by atoms with E-state index < -0.39 is 6.10 Å². The number of nitrogens with zero attached hydrogens (tertiary/aromatic N) is 1. The first-order valence-electron chi connectivity index (χ1n) is 6.62. The number of hydrogen-bond donors (Lipinski definition) is 2. The van der Waals surface area contributed by atoms with E-state index in [0.717, 1.165) is 18.7 Å². The fourth-order valence-corrected chi connectivity index (χ4v) is 2.41. The maximum absolute atomic E-state index is 10.4. The summed E-state index contributed by atoms with van der Waals surface area (Å²) in [4.78, 5) is 2.25. The summed E-state index contributed by atoms with van der Waals surface area (Å²) < 4.78 is 0. The number of phenolic OH excluding ortho intramolecular Hbond substituents is 1. The molecule has 0 bridgehead atoms. The summed E-state index contributed by atoms with van der Waals surface area (Å²) in [5, 5.41) is 19.9. The molecule has 1 rings (SSSR count). The lowest BCUT2D eigenvalue weighted by molar-refractivity contribution is -0.00416. The average molecular weight is 251 g/mol. The number of benzene rings is 1. The molecular formula is C15H25NO2. The Bertz CT molecular complexity index is 373. The summed E-state index contributed by atoms with van der Waals surface area (Å²) in [7, 11) is 0. The van der Waals surface area contributed by atoms with Crippen molar-refractivity contribution in [3.8, 4) is 5.75 Å². The van der Waals surface area contributed by atoms with Gasteiger partial charge in [-0.2, -0.15) is 0 Å². The minimum atomic E-state index is -0.459. The van der Waals surface area contributed by atoms with Crippen LogP contribution in [-0.2, 0) is 6.42 Å². The van der Waals surface area contributed by atoms with E-state index in [1.165, 1.54) is 0 Å². The first kappa shape index (κ1) is 15.0. The van der Waals surface area contributed by atoms with Crippen LogP contribution in [-0.4, -0.2) is 39.8 Å². The highest BCUT2D eigenvalue weighted by molar-refractivity contribution is 5.27. The van der Waals surface area contributed by atoms with Crippen LogP contribution in [0.1, 0.15) is 33.3 Å². The molecule has 1 atom stereocenters. The van der Waals surface area contributed by atoms with Crippen LogP contribution in [0.3, 0.4) is 0 Å². The van der Waals surface area contributed by atoms with Crippen molar-refractivity contribution >= 4 is 0 Å². The third-order valence-electron chi connectivity index (χ3n) is 3.73. The van der Waals surface area contributed by atoms with Crippen molar-refractivity contribution in [3.05, 3.63) is 29.8 Å². The molecule has 0 saturated carbocycles. The lowest BCUT2D eigenvalue weighted by Gasteiger charge is -2.41. The molecule has 3 heteroatoms. The van der Waals surface area contributed by atoms with Gasteiger partial charge < -0.3 is 10.2 Å². The molecule has 0 aliphatic heterocycles. The monoisotopic (exact) mass is 251 g/mol. The van der Waals surface area contributed by atoms with Crippen LogP contribution in [0.25, 0.3) is 0 Å². The predicted octanol–water partition coefficient (Wildman–Crippen LogP) is 2.42. The highest BCUT2D eigenvalue weighted by Crippen LogP contribution is 2.23. The van der Waals surface area contributed by atoms with Crippen LogP contribution in [0.2, 0.25) is 0 Å². The minimum Gasteiger partial charge on any atom is -0.508 e. The molecule has 0 aliphatic carbocycles. The molecule has 18 heavy (non-hydrogen) atoms. The Labute approximate surface area is 110 Å². The van der Waals surface area contributed by atoms with Gasteiger partial charge in [0.25, 0.3) is 0 Å². The van der Waals surface area contributed by atoms with Gasteiger partial charge in [-0.3, -0.25) is 4.90 Å². The molecular weight excluding hydrogens is 226 g/mol. The van der Waals surface area contributed by atoms with Crippen LogP contribution in [0.15, 0.2) is 24.3 Å². The highest BCUT2D eigenvalue weighted by Gasteiger charge is 2.32. The number of likely N-dealkylation sites (N-methyl/N-ethyl adjacent to an activating group) is 1. The van der Waals surface area contributed by atoms with Gasteiger partial charge in [0.05, 0.1) is 6.10 Å². The molecule has 1 aromatic carbocycles. The van der Waals surface area contributed by atoms with Gasteiger partial charge >= 0.3 is 0 Å². The summed E-state index contributed by atoms with van der Waals surface area (Å²) in [5.41, 5.74) is 0.692. The maximum Gasteiger partial charge on any atom is 0.115 e. The summed E-state index contributed by atoms with van der Waals surface area (Å²) >= 11 is 0. The Hall–Kier alpha value is -1.06. The van der Waals surface area contributed by atoms with Crippen LogP contribution >= 0.6 is 0 Å². The molecule has 0 amide bonds. The molecule has 2 N–H and O–H groups in total. The van der Waals surface area contributed by atoms with E-state index in [1.807, 2.05) is 12.1 Å². The predicted molar refractivity (Wildman–Crippen MR) is 74.8 cm³/mol. The second kappa shape index (κ2) is 6.21. The van der Waals surface area contributed by atoms with E-state index in [-0.39, 0.29) is 11.3 Å². The van der Waals surface area contributed by atoms with Crippen molar-refractivity contribution in [1.82, 2.24) is 4.90 Å². The molecule has 0 heterocycles. The molecule has 0 aliphatic rings. The van der Waals surface area contributed by atoms with E-state index in [2.05, 4.69) is 32.6 Å². The van der Waals surface area contributed by atoms with Gasteiger partial charge in [-0.15, -0.1) is 0 Å². The molecule has 3 nitrogen and oxygen atoms in total. The Morgan fingerprint density at radius 1 is 1.22 bits per heavy atom. The maximum atomic E-state index is 10.4. The molecule has 1 unspecified atom stereocenters. The zero-order chi connectivity index (χ0) is 13.8. The van der Waals surface area contributed by atoms with Gasteiger partial charge in [0, 0.05) is 12.0 Å². The molecule has 0 fully saturated rings. The third kappa shape index (κ3) is 3.47. The van der Waals surface area contributed by atoms with E-state index >= 15 is 0 Å². The average Bonchev–Trinajstić information content (AvgIpc) is 2.30. The highest BCUT2D eigenvalue weighted by atomic mass is 16.3. The van der Waals surface area contributed by atoms with Crippen LogP contribution in [0.5, 0.6) is 5.75 Å². The number of aliphatic hydroxyl groups is 1. The van der Waals surface area contributed by atoms with E-state index in [0.29, 0.717) is 6.42 Å². The molecule has 1 aromatic rings. The first-order chi connectivity index (χ1) is 8.41. The molecule has 102 valence electrons. The summed E-state index contributed by atoms with van der Waals surface area (Å²) in [6.07, 6.45) is 0.0944. The van der Waals surface area contributed by atoms with Crippen molar-refractivity contribution in [1.29, 1.82) is 0 Å². The van der Waals surface area contributed by atoms with Gasteiger partial charge in [-0.1, -0.05) is 26.0 Å². The molecule has 0 radical (unpaired) electrons. The zero-order valence-electron chi connectivity index (χ0n) is 11.8. The molecule has 0 spiro atoms. The number of phenols is 1. The number of aliphatic hydroxyl groups excluding tert-OH is 1. The van der Waals surface area contributed by atoms with Gasteiger partial charge in [-0.05, 0) is 44.6 Å². The fourth-order valence-electron chi connectivity index (χ4n) is 2.41. The fraction of sp³-hybridized carbons (Fsp3) is 0.600. The lowest BCUT2D eigenvalue weighted by Crippen LogP contribution is -2.53. The minimum absolute atomic E-state index is 0.250. The van der Waals surface area contributed by atoms with Gasteiger partial charge in [-0.25, -0.2) is 0 Å². The topological polar surface area (TPSA) is 43.7 Å².